The Hall–Kier alpha value is -2.49. The van der Waals surface area contributed by atoms with Crippen molar-refractivity contribution in [1.82, 2.24) is 0 Å². The Balaban J connectivity index is 1.92. The van der Waals surface area contributed by atoms with Crippen molar-refractivity contribution in [3.8, 4) is 0 Å². The quantitative estimate of drug-likeness (QED) is 0.805. The molecule has 2 unspecified atom stereocenters. The summed E-state index contributed by atoms with van der Waals surface area (Å²) >= 11 is 0. The Morgan fingerprint density at radius 1 is 1.12 bits per heavy atom. The second kappa shape index (κ2) is 7.18. The first-order chi connectivity index (χ1) is 12.0. The number of nitrogens with zero attached hydrogens (tertiary/aromatic N) is 1. The van der Waals surface area contributed by atoms with Crippen LogP contribution in [0.25, 0.3) is 0 Å². The smallest absolute Gasteiger partial charge is 0.255 e. The van der Waals surface area contributed by atoms with Gasteiger partial charge in [-0.15, -0.1) is 0 Å². The van der Waals surface area contributed by atoms with Gasteiger partial charge in [-0.05, 0) is 69.9 Å². The molecule has 1 saturated heterocycles. The van der Waals surface area contributed by atoms with Crippen LogP contribution < -0.4 is 16.0 Å². The van der Waals surface area contributed by atoms with Crippen molar-refractivity contribution in [3.63, 3.8) is 0 Å². The first kappa shape index (κ1) is 17.3. The number of rotatable bonds is 3. The molecule has 2 aromatic rings. The summed E-state index contributed by atoms with van der Waals surface area (Å²) in [5, 5.41) is 2.97. The lowest BCUT2D eigenvalue weighted by Crippen LogP contribution is -2.44. The van der Waals surface area contributed by atoms with Crippen molar-refractivity contribution in [2.24, 2.45) is 0 Å². The molecule has 4 nitrogen and oxygen atoms in total. The lowest BCUT2D eigenvalue weighted by molar-refractivity contribution is 0.102. The summed E-state index contributed by atoms with van der Waals surface area (Å²) in [7, 11) is 0. The third kappa shape index (κ3) is 3.63. The molecule has 1 aliphatic rings. The molecule has 4 heteroatoms. The van der Waals surface area contributed by atoms with Crippen LogP contribution >= 0.6 is 0 Å². The van der Waals surface area contributed by atoms with Crippen molar-refractivity contribution < 1.29 is 4.79 Å². The van der Waals surface area contributed by atoms with Crippen molar-refractivity contribution in [1.29, 1.82) is 0 Å². The number of hydrogen-bond donors (Lipinski definition) is 2. The van der Waals surface area contributed by atoms with Gasteiger partial charge in [-0.2, -0.15) is 0 Å². The predicted molar refractivity (Wildman–Crippen MR) is 105 cm³/mol. The zero-order chi connectivity index (χ0) is 18.0. The maximum Gasteiger partial charge on any atom is 0.255 e. The van der Waals surface area contributed by atoms with Gasteiger partial charge in [0.05, 0.1) is 11.4 Å². The topological polar surface area (TPSA) is 58.4 Å². The molecule has 0 bridgehead atoms. The van der Waals surface area contributed by atoms with E-state index in [0.29, 0.717) is 29.0 Å². The van der Waals surface area contributed by atoms with Gasteiger partial charge in [0, 0.05) is 23.3 Å². The normalized spacial score (nSPS) is 20.4. The predicted octanol–water partition coefficient (Wildman–Crippen LogP) is 4.60. The molecule has 1 fully saturated rings. The van der Waals surface area contributed by atoms with Gasteiger partial charge in [-0.25, -0.2) is 0 Å². The number of nitrogens with two attached hydrogens (primary N) is 1. The van der Waals surface area contributed by atoms with Crippen LogP contribution in [-0.2, 0) is 0 Å². The number of carbonyl (C=O) groups excluding carboxylic acids is 1. The Labute approximate surface area is 150 Å². The molecule has 1 amide bonds. The van der Waals surface area contributed by atoms with Gasteiger partial charge in [0.25, 0.3) is 5.91 Å². The third-order valence-electron chi connectivity index (χ3n) is 5.12. The number of aryl methyl sites for hydroxylation is 1. The number of piperidine rings is 1. The molecule has 0 spiro atoms. The molecule has 3 N–H and O–H groups in total. The van der Waals surface area contributed by atoms with Crippen LogP contribution in [0, 0.1) is 6.92 Å². The van der Waals surface area contributed by atoms with E-state index in [2.05, 4.69) is 31.0 Å². The zero-order valence-corrected chi connectivity index (χ0v) is 15.3. The van der Waals surface area contributed by atoms with Gasteiger partial charge in [-0.1, -0.05) is 18.2 Å². The lowest BCUT2D eigenvalue weighted by Gasteiger charge is -2.42. The van der Waals surface area contributed by atoms with E-state index in [4.69, 9.17) is 5.73 Å². The highest BCUT2D eigenvalue weighted by Crippen LogP contribution is 2.35. The molecule has 2 atom stereocenters. The summed E-state index contributed by atoms with van der Waals surface area (Å²) in [4.78, 5) is 15.0. The van der Waals surface area contributed by atoms with Gasteiger partial charge in [0.15, 0.2) is 0 Å². The van der Waals surface area contributed by atoms with E-state index in [0.717, 1.165) is 11.3 Å². The summed E-state index contributed by atoms with van der Waals surface area (Å²) in [6.07, 6.45) is 3.66. The molecule has 25 heavy (non-hydrogen) atoms. The van der Waals surface area contributed by atoms with E-state index >= 15 is 0 Å². The Kier molecular flexibility index (Phi) is 4.98. The molecule has 3 rings (SSSR count). The van der Waals surface area contributed by atoms with Crippen LogP contribution in [0.3, 0.4) is 0 Å². The van der Waals surface area contributed by atoms with Crippen molar-refractivity contribution >= 4 is 23.0 Å². The summed E-state index contributed by atoms with van der Waals surface area (Å²) in [6.45, 7) is 6.63. The average Bonchev–Trinajstić information content (AvgIpc) is 2.59. The first-order valence-electron chi connectivity index (χ1n) is 9.02. The fourth-order valence-corrected chi connectivity index (χ4v) is 3.79. The minimum absolute atomic E-state index is 0.137. The second-order valence-corrected chi connectivity index (χ2v) is 7.08. The van der Waals surface area contributed by atoms with Crippen LogP contribution in [0.4, 0.5) is 17.1 Å². The number of nitrogen functional groups attached to an aromatic ring is 1. The first-order valence-corrected chi connectivity index (χ1v) is 9.02. The van der Waals surface area contributed by atoms with Crippen molar-refractivity contribution in [2.45, 2.75) is 52.1 Å². The molecule has 1 heterocycles. The molecular formula is C21H27N3O. The van der Waals surface area contributed by atoms with Gasteiger partial charge >= 0.3 is 0 Å². The number of anilines is 3. The van der Waals surface area contributed by atoms with Crippen molar-refractivity contribution in [3.05, 3.63) is 53.6 Å². The number of hydrogen-bond acceptors (Lipinski definition) is 3. The maximum absolute atomic E-state index is 12.5. The van der Waals surface area contributed by atoms with Gasteiger partial charge in [-0.3, -0.25) is 4.79 Å². The summed E-state index contributed by atoms with van der Waals surface area (Å²) in [6, 6.07) is 14.2. The van der Waals surface area contributed by atoms with Crippen LogP contribution in [0.5, 0.6) is 0 Å². The number of nitrogens with one attached hydrogen (secondary N) is 1. The van der Waals surface area contributed by atoms with E-state index < -0.39 is 0 Å². The molecule has 1 aliphatic heterocycles. The van der Waals surface area contributed by atoms with Crippen LogP contribution in [0.2, 0.25) is 0 Å². The number of amides is 1. The largest absolute Gasteiger partial charge is 0.397 e. The number of benzene rings is 2. The second-order valence-electron chi connectivity index (χ2n) is 7.08. The zero-order valence-electron chi connectivity index (χ0n) is 15.3. The maximum atomic E-state index is 12.5. The van der Waals surface area contributed by atoms with E-state index in [1.165, 1.54) is 19.3 Å². The Morgan fingerprint density at radius 2 is 1.76 bits per heavy atom. The van der Waals surface area contributed by atoms with Crippen molar-refractivity contribution in [2.75, 3.05) is 16.0 Å². The van der Waals surface area contributed by atoms with Gasteiger partial charge < -0.3 is 16.0 Å². The number of carbonyl (C=O) groups is 1. The lowest BCUT2D eigenvalue weighted by atomic mass is 9.95. The van der Waals surface area contributed by atoms with Crippen LogP contribution in [0.1, 0.15) is 49.0 Å². The molecule has 0 aromatic heterocycles. The Bertz CT molecular complexity index is 747. The molecule has 0 saturated carbocycles. The standard InChI is InChI=1S/C21H27N3O/c1-14-12-18(22)19(23-21(25)17-10-5-4-6-11-17)13-20(14)24-15(2)8-7-9-16(24)3/h4-6,10-13,15-16H,7-9,22H2,1-3H3,(H,23,25). The van der Waals surface area contributed by atoms with E-state index in [-0.39, 0.29) is 5.91 Å². The van der Waals surface area contributed by atoms with E-state index in [9.17, 15) is 4.79 Å². The fraction of sp³-hybridized carbons (Fsp3) is 0.381. The molecular weight excluding hydrogens is 310 g/mol. The van der Waals surface area contributed by atoms with Crippen LogP contribution in [0.15, 0.2) is 42.5 Å². The highest BCUT2D eigenvalue weighted by atomic mass is 16.1. The summed E-state index contributed by atoms with van der Waals surface area (Å²) in [5.41, 5.74) is 10.4. The molecule has 0 aliphatic carbocycles. The van der Waals surface area contributed by atoms with Crippen LogP contribution in [-0.4, -0.2) is 18.0 Å². The average molecular weight is 337 g/mol. The summed E-state index contributed by atoms with van der Waals surface area (Å²) in [5.74, 6) is -0.137. The monoisotopic (exact) mass is 337 g/mol. The molecule has 0 radical (unpaired) electrons. The molecule has 132 valence electrons. The molecule has 2 aromatic carbocycles. The fourth-order valence-electron chi connectivity index (χ4n) is 3.79. The van der Waals surface area contributed by atoms with E-state index in [1.807, 2.05) is 30.3 Å². The summed E-state index contributed by atoms with van der Waals surface area (Å²) < 4.78 is 0. The van der Waals surface area contributed by atoms with Gasteiger partial charge in [0.1, 0.15) is 0 Å². The highest BCUT2D eigenvalue weighted by Gasteiger charge is 2.26. The highest BCUT2D eigenvalue weighted by molar-refractivity contribution is 6.06. The Morgan fingerprint density at radius 3 is 2.40 bits per heavy atom. The van der Waals surface area contributed by atoms with Gasteiger partial charge in [0.2, 0.25) is 0 Å². The SMILES string of the molecule is Cc1cc(N)c(NC(=O)c2ccccc2)cc1N1C(C)CCCC1C. The third-order valence-corrected chi connectivity index (χ3v) is 5.12. The van der Waals surface area contributed by atoms with E-state index in [1.54, 1.807) is 12.1 Å². The minimum Gasteiger partial charge on any atom is -0.397 e. The minimum atomic E-state index is -0.137.